The van der Waals surface area contributed by atoms with Gasteiger partial charge in [0.25, 0.3) is 0 Å². The van der Waals surface area contributed by atoms with Gasteiger partial charge in [-0.05, 0) is 19.8 Å². The van der Waals surface area contributed by atoms with Gasteiger partial charge in [-0.25, -0.2) is 4.98 Å². The Morgan fingerprint density at radius 1 is 1.46 bits per heavy atom. The number of ether oxygens (including phenoxy) is 1. The highest BCUT2D eigenvalue weighted by molar-refractivity contribution is 5.89. The molecule has 2 aromatic heterocycles. The van der Waals surface area contributed by atoms with Gasteiger partial charge in [0.15, 0.2) is 0 Å². The Morgan fingerprint density at radius 3 is 3.04 bits per heavy atom. The van der Waals surface area contributed by atoms with Gasteiger partial charge in [0.05, 0.1) is 24.7 Å². The highest BCUT2D eigenvalue weighted by Crippen LogP contribution is 2.32. The summed E-state index contributed by atoms with van der Waals surface area (Å²) >= 11 is 0. The first kappa shape index (κ1) is 16.2. The number of aromatic amines is 1. The molecule has 2 aromatic rings. The summed E-state index contributed by atoms with van der Waals surface area (Å²) in [7, 11) is 1.57. The second-order valence-electron chi connectivity index (χ2n) is 6.02. The van der Waals surface area contributed by atoms with E-state index >= 15 is 0 Å². The fourth-order valence-electron chi connectivity index (χ4n) is 3.10. The number of hydrogen-bond donors (Lipinski definition) is 2. The van der Waals surface area contributed by atoms with E-state index in [1.54, 1.807) is 13.3 Å². The topological polar surface area (TPSA) is 96.0 Å². The Morgan fingerprint density at radius 2 is 2.29 bits per heavy atom. The Balaban J connectivity index is 1.81. The lowest BCUT2D eigenvalue weighted by Gasteiger charge is -2.33. The van der Waals surface area contributed by atoms with Crippen LogP contribution in [0.4, 0.5) is 11.5 Å². The molecule has 1 unspecified atom stereocenters. The van der Waals surface area contributed by atoms with Crippen molar-refractivity contribution in [2.75, 3.05) is 30.4 Å². The number of aromatic nitrogens is 4. The number of nitrogens with zero attached hydrogens (tertiary/aromatic N) is 4. The van der Waals surface area contributed by atoms with Gasteiger partial charge in [0.1, 0.15) is 5.82 Å². The van der Waals surface area contributed by atoms with Crippen LogP contribution in [-0.2, 0) is 4.79 Å². The van der Waals surface area contributed by atoms with Crippen LogP contribution in [0.2, 0.25) is 0 Å². The summed E-state index contributed by atoms with van der Waals surface area (Å²) in [5, 5.41) is 9.96. The predicted octanol–water partition coefficient (Wildman–Crippen LogP) is 1.86. The van der Waals surface area contributed by atoms with Crippen LogP contribution in [0, 0.1) is 6.92 Å². The normalized spacial score (nSPS) is 17.6. The molecule has 1 aliphatic rings. The molecule has 8 heteroatoms. The summed E-state index contributed by atoms with van der Waals surface area (Å²) in [5.74, 6) is 1.02. The summed E-state index contributed by atoms with van der Waals surface area (Å²) in [5.41, 5.74) is 2.60. The first-order chi connectivity index (χ1) is 11.6. The zero-order valence-electron chi connectivity index (χ0n) is 14.2. The second-order valence-corrected chi connectivity index (χ2v) is 6.02. The van der Waals surface area contributed by atoms with E-state index in [0.29, 0.717) is 6.01 Å². The minimum atomic E-state index is -0.0959. The number of amides is 1. The van der Waals surface area contributed by atoms with Gasteiger partial charge in [-0.2, -0.15) is 10.1 Å². The van der Waals surface area contributed by atoms with Gasteiger partial charge in [-0.3, -0.25) is 9.89 Å². The number of H-pyrrole nitrogens is 1. The van der Waals surface area contributed by atoms with Crippen LogP contribution < -0.4 is 15.0 Å². The van der Waals surface area contributed by atoms with Crippen LogP contribution in [0.15, 0.2) is 12.3 Å². The average molecular weight is 330 g/mol. The lowest BCUT2D eigenvalue weighted by Crippen LogP contribution is -2.35. The molecule has 1 amide bonds. The zero-order chi connectivity index (χ0) is 17.1. The lowest BCUT2D eigenvalue weighted by atomic mass is 9.94. The molecule has 1 fully saturated rings. The molecule has 3 rings (SSSR count). The standard InChI is InChI=1S/C16H22N6O2/c1-10-7-14(20-16(18-10)24-3)22-6-4-5-12(9-22)15-13(8-17-21-15)19-11(2)23/h7-8,12H,4-6,9H2,1-3H3,(H,17,21)(H,19,23). The molecule has 0 bridgehead atoms. The van der Waals surface area contributed by atoms with E-state index in [4.69, 9.17) is 4.74 Å². The molecule has 2 N–H and O–H groups in total. The molecular weight excluding hydrogens is 308 g/mol. The van der Waals surface area contributed by atoms with E-state index in [9.17, 15) is 4.79 Å². The molecule has 3 heterocycles. The first-order valence-electron chi connectivity index (χ1n) is 8.02. The van der Waals surface area contributed by atoms with E-state index in [-0.39, 0.29) is 11.8 Å². The number of hydrogen-bond acceptors (Lipinski definition) is 6. The molecular formula is C16H22N6O2. The van der Waals surface area contributed by atoms with Crippen molar-refractivity contribution in [3.63, 3.8) is 0 Å². The third-order valence-electron chi connectivity index (χ3n) is 4.14. The smallest absolute Gasteiger partial charge is 0.318 e. The fraction of sp³-hybridized carbons (Fsp3) is 0.500. The van der Waals surface area contributed by atoms with Gasteiger partial charge in [-0.15, -0.1) is 0 Å². The Bertz CT molecular complexity index is 729. The van der Waals surface area contributed by atoms with Crippen LogP contribution in [0.1, 0.15) is 37.1 Å². The molecule has 8 nitrogen and oxygen atoms in total. The molecule has 1 aliphatic heterocycles. The number of rotatable bonds is 4. The minimum Gasteiger partial charge on any atom is -0.467 e. The van der Waals surface area contributed by atoms with Crippen molar-refractivity contribution in [1.29, 1.82) is 0 Å². The summed E-state index contributed by atoms with van der Waals surface area (Å²) in [4.78, 5) is 22.3. The van der Waals surface area contributed by atoms with E-state index in [1.807, 2.05) is 13.0 Å². The summed E-state index contributed by atoms with van der Waals surface area (Å²) in [6, 6.07) is 2.35. The third-order valence-corrected chi connectivity index (χ3v) is 4.14. The SMILES string of the molecule is COc1nc(C)cc(N2CCCC(c3[nH]ncc3NC(C)=O)C2)n1. The molecule has 24 heavy (non-hydrogen) atoms. The Kier molecular flexibility index (Phi) is 4.64. The van der Waals surface area contributed by atoms with Crippen molar-refractivity contribution < 1.29 is 9.53 Å². The molecule has 1 saturated heterocycles. The number of aryl methyl sites for hydroxylation is 1. The maximum atomic E-state index is 11.3. The van der Waals surface area contributed by atoms with Gasteiger partial charge in [0.2, 0.25) is 5.91 Å². The average Bonchev–Trinajstić information content (AvgIpc) is 3.01. The number of nitrogens with one attached hydrogen (secondary N) is 2. The van der Waals surface area contributed by atoms with Crippen LogP contribution in [0.25, 0.3) is 0 Å². The van der Waals surface area contributed by atoms with Gasteiger partial charge in [0, 0.05) is 37.7 Å². The zero-order valence-corrected chi connectivity index (χ0v) is 14.2. The molecule has 0 radical (unpaired) electrons. The number of methoxy groups -OCH3 is 1. The van der Waals surface area contributed by atoms with Crippen LogP contribution >= 0.6 is 0 Å². The largest absolute Gasteiger partial charge is 0.467 e. The van der Waals surface area contributed by atoms with Crippen molar-refractivity contribution in [3.8, 4) is 6.01 Å². The molecule has 0 aromatic carbocycles. The predicted molar refractivity (Wildman–Crippen MR) is 90.4 cm³/mol. The van der Waals surface area contributed by atoms with Crippen LogP contribution in [0.5, 0.6) is 6.01 Å². The second kappa shape index (κ2) is 6.86. The van der Waals surface area contributed by atoms with Crippen LogP contribution in [-0.4, -0.2) is 46.3 Å². The van der Waals surface area contributed by atoms with Crippen molar-refractivity contribution in [3.05, 3.63) is 23.7 Å². The summed E-state index contributed by atoms with van der Waals surface area (Å²) in [6.45, 7) is 5.16. The molecule has 128 valence electrons. The van der Waals surface area contributed by atoms with E-state index < -0.39 is 0 Å². The van der Waals surface area contributed by atoms with E-state index in [1.165, 1.54) is 6.92 Å². The van der Waals surface area contributed by atoms with Crippen molar-refractivity contribution >= 4 is 17.4 Å². The number of carbonyl (C=O) groups excluding carboxylic acids is 1. The maximum absolute atomic E-state index is 11.3. The number of anilines is 2. The van der Waals surface area contributed by atoms with Crippen molar-refractivity contribution in [2.45, 2.75) is 32.6 Å². The Hall–Kier alpha value is -2.64. The van der Waals surface area contributed by atoms with Gasteiger partial charge >= 0.3 is 6.01 Å². The van der Waals surface area contributed by atoms with Crippen LogP contribution in [0.3, 0.4) is 0 Å². The van der Waals surface area contributed by atoms with E-state index in [0.717, 1.165) is 48.8 Å². The van der Waals surface area contributed by atoms with Crippen molar-refractivity contribution in [1.82, 2.24) is 20.2 Å². The lowest BCUT2D eigenvalue weighted by molar-refractivity contribution is -0.114. The molecule has 0 aliphatic carbocycles. The van der Waals surface area contributed by atoms with Crippen molar-refractivity contribution in [2.24, 2.45) is 0 Å². The summed E-state index contributed by atoms with van der Waals surface area (Å²) < 4.78 is 5.18. The number of piperidine rings is 1. The monoisotopic (exact) mass is 330 g/mol. The Labute approximate surface area is 140 Å². The van der Waals surface area contributed by atoms with E-state index in [2.05, 4.69) is 30.4 Å². The number of carbonyl (C=O) groups is 1. The minimum absolute atomic E-state index is 0.0959. The third kappa shape index (κ3) is 3.47. The van der Waals surface area contributed by atoms with Gasteiger partial charge in [-0.1, -0.05) is 0 Å². The molecule has 1 atom stereocenters. The molecule has 0 spiro atoms. The summed E-state index contributed by atoms with van der Waals surface area (Å²) in [6.07, 6.45) is 3.73. The fourth-order valence-corrected chi connectivity index (χ4v) is 3.10. The highest BCUT2D eigenvalue weighted by Gasteiger charge is 2.26. The maximum Gasteiger partial charge on any atom is 0.318 e. The van der Waals surface area contributed by atoms with Gasteiger partial charge < -0.3 is 15.0 Å². The molecule has 0 saturated carbocycles. The highest BCUT2D eigenvalue weighted by atomic mass is 16.5. The first-order valence-corrected chi connectivity index (χ1v) is 8.02. The quantitative estimate of drug-likeness (QED) is 0.888.